The number of esters is 1. The molecule has 0 aliphatic rings. The standard InChI is InChI=1S/C24H24ClNO4S/c1-30-24(27)16-9-18-7-10-20(11-8-18)23(17-19-5-3-2-4-6-19)26-31(28,29)22-14-12-21(25)13-15-22/h2-8,10-15,23,26H,9,16-17H2,1H3. The summed E-state index contributed by atoms with van der Waals surface area (Å²) in [6, 6.07) is 22.9. The largest absolute Gasteiger partial charge is 0.469 e. The van der Waals surface area contributed by atoms with Crippen molar-refractivity contribution in [1.82, 2.24) is 4.72 Å². The van der Waals surface area contributed by atoms with Crippen LogP contribution in [0.4, 0.5) is 0 Å². The zero-order valence-corrected chi connectivity index (χ0v) is 18.7. The molecule has 1 atom stereocenters. The molecule has 5 nitrogen and oxygen atoms in total. The van der Waals surface area contributed by atoms with Crippen LogP contribution in [0.1, 0.15) is 29.2 Å². The number of rotatable bonds is 9. The van der Waals surface area contributed by atoms with Gasteiger partial charge >= 0.3 is 5.97 Å². The predicted molar refractivity (Wildman–Crippen MR) is 121 cm³/mol. The highest BCUT2D eigenvalue weighted by Gasteiger charge is 2.22. The lowest BCUT2D eigenvalue weighted by atomic mass is 9.98. The third-order valence-electron chi connectivity index (χ3n) is 4.93. The van der Waals surface area contributed by atoms with Crippen LogP contribution in [0.15, 0.2) is 83.8 Å². The molecule has 3 aromatic carbocycles. The van der Waals surface area contributed by atoms with Crippen LogP contribution in [-0.4, -0.2) is 21.5 Å². The molecule has 0 aromatic heterocycles. The van der Waals surface area contributed by atoms with Crippen LogP contribution in [-0.2, 0) is 32.4 Å². The summed E-state index contributed by atoms with van der Waals surface area (Å²) in [7, 11) is -2.38. The summed E-state index contributed by atoms with van der Waals surface area (Å²) in [5, 5.41) is 0.474. The number of hydrogen-bond acceptors (Lipinski definition) is 4. The van der Waals surface area contributed by atoms with Gasteiger partial charge in [0.15, 0.2) is 0 Å². The summed E-state index contributed by atoms with van der Waals surface area (Å²) < 4.78 is 33.5. The van der Waals surface area contributed by atoms with Crippen molar-refractivity contribution in [2.24, 2.45) is 0 Å². The van der Waals surface area contributed by atoms with Gasteiger partial charge in [-0.2, -0.15) is 0 Å². The van der Waals surface area contributed by atoms with Crippen molar-refractivity contribution in [3.63, 3.8) is 0 Å². The number of aryl methyl sites for hydroxylation is 1. The average Bonchev–Trinajstić information content (AvgIpc) is 2.78. The van der Waals surface area contributed by atoms with E-state index < -0.39 is 16.1 Å². The number of carbonyl (C=O) groups excluding carboxylic acids is 1. The third-order valence-corrected chi connectivity index (χ3v) is 6.67. The third kappa shape index (κ3) is 6.66. The topological polar surface area (TPSA) is 72.5 Å². The molecule has 3 rings (SSSR count). The molecular weight excluding hydrogens is 434 g/mol. The first-order chi connectivity index (χ1) is 14.9. The molecule has 0 saturated heterocycles. The first-order valence-corrected chi connectivity index (χ1v) is 11.7. The fourth-order valence-electron chi connectivity index (χ4n) is 3.21. The molecule has 0 spiro atoms. The molecule has 31 heavy (non-hydrogen) atoms. The van der Waals surface area contributed by atoms with Crippen LogP contribution in [0, 0.1) is 0 Å². The Morgan fingerprint density at radius 1 is 0.935 bits per heavy atom. The first kappa shape index (κ1) is 23.0. The Morgan fingerprint density at radius 3 is 2.19 bits per heavy atom. The van der Waals surface area contributed by atoms with Crippen molar-refractivity contribution in [3.8, 4) is 0 Å². The molecule has 0 bridgehead atoms. The van der Waals surface area contributed by atoms with Crippen LogP contribution in [0.25, 0.3) is 0 Å². The zero-order chi connectivity index (χ0) is 22.3. The minimum atomic E-state index is -3.75. The number of nitrogens with one attached hydrogen (secondary N) is 1. The number of carbonyl (C=O) groups is 1. The monoisotopic (exact) mass is 457 g/mol. The van der Waals surface area contributed by atoms with Crippen LogP contribution in [0.5, 0.6) is 0 Å². The summed E-state index contributed by atoms with van der Waals surface area (Å²) in [4.78, 5) is 11.5. The maximum Gasteiger partial charge on any atom is 0.305 e. The van der Waals surface area contributed by atoms with Crippen LogP contribution in [0.2, 0.25) is 5.02 Å². The van der Waals surface area contributed by atoms with E-state index in [1.807, 2.05) is 54.6 Å². The van der Waals surface area contributed by atoms with Crippen molar-refractivity contribution in [2.75, 3.05) is 7.11 Å². The van der Waals surface area contributed by atoms with E-state index in [-0.39, 0.29) is 10.9 Å². The molecule has 0 aliphatic carbocycles. The van der Waals surface area contributed by atoms with E-state index in [1.165, 1.54) is 19.2 Å². The Kier molecular flexibility index (Phi) is 7.85. The van der Waals surface area contributed by atoms with Crippen molar-refractivity contribution < 1.29 is 17.9 Å². The van der Waals surface area contributed by atoms with Gasteiger partial charge in [0.2, 0.25) is 10.0 Å². The highest BCUT2D eigenvalue weighted by molar-refractivity contribution is 7.89. The Labute approximate surface area is 188 Å². The van der Waals surface area contributed by atoms with Crippen molar-refractivity contribution in [2.45, 2.75) is 30.2 Å². The van der Waals surface area contributed by atoms with Gasteiger partial charge in [-0.3, -0.25) is 4.79 Å². The molecule has 7 heteroatoms. The molecule has 0 saturated carbocycles. The first-order valence-electron chi connectivity index (χ1n) is 9.85. The van der Waals surface area contributed by atoms with Gasteiger partial charge in [0.1, 0.15) is 0 Å². The number of hydrogen-bond donors (Lipinski definition) is 1. The van der Waals surface area contributed by atoms with Crippen LogP contribution in [0.3, 0.4) is 0 Å². The lowest BCUT2D eigenvalue weighted by Crippen LogP contribution is -2.30. The number of methoxy groups -OCH3 is 1. The predicted octanol–water partition coefficient (Wildman–Crippen LogP) is 4.71. The smallest absolute Gasteiger partial charge is 0.305 e. The molecule has 1 unspecified atom stereocenters. The second-order valence-corrected chi connectivity index (χ2v) is 9.29. The molecule has 0 aliphatic heterocycles. The molecule has 0 amide bonds. The summed E-state index contributed by atoms with van der Waals surface area (Å²) in [5.74, 6) is -0.262. The van der Waals surface area contributed by atoms with Crippen molar-refractivity contribution in [3.05, 3.63) is 101 Å². The molecule has 0 heterocycles. The number of ether oxygens (including phenoxy) is 1. The SMILES string of the molecule is COC(=O)CCc1ccc(C(Cc2ccccc2)NS(=O)(=O)c2ccc(Cl)cc2)cc1. The van der Waals surface area contributed by atoms with E-state index in [0.717, 1.165) is 16.7 Å². The van der Waals surface area contributed by atoms with Gasteiger partial charge in [0, 0.05) is 11.4 Å². The van der Waals surface area contributed by atoms with Crippen LogP contribution >= 0.6 is 11.6 Å². The Balaban J connectivity index is 1.84. The summed E-state index contributed by atoms with van der Waals surface area (Å²) in [6.07, 6.45) is 1.36. The lowest BCUT2D eigenvalue weighted by molar-refractivity contribution is -0.140. The highest BCUT2D eigenvalue weighted by Crippen LogP contribution is 2.23. The quantitative estimate of drug-likeness (QED) is 0.472. The van der Waals surface area contributed by atoms with E-state index in [9.17, 15) is 13.2 Å². The Morgan fingerprint density at radius 2 is 1.58 bits per heavy atom. The van der Waals surface area contributed by atoms with Gasteiger partial charge < -0.3 is 4.74 Å². The van der Waals surface area contributed by atoms with Gasteiger partial charge in [0.25, 0.3) is 0 Å². The van der Waals surface area contributed by atoms with Gasteiger partial charge in [-0.05, 0) is 53.8 Å². The fraction of sp³-hybridized carbons (Fsp3) is 0.208. The average molecular weight is 458 g/mol. The van der Waals surface area contributed by atoms with Gasteiger partial charge in [-0.1, -0.05) is 66.2 Å². The number of benzene rings is 3. The van der Waals surface area contributed by atoms with E-state index in [1.54, 1.807) is 12.1 Å². The van der Waals surface area contributed by atoms with Gasteiger partial charge in [0.05, 0.1) is 18.0 Å². The number of halogens is 1. The number of sulfonamides is 1. The Hall–Kier alpha value is -2.67. The maximum atomic E-state index is 13.0. The Bertz CT molecular complexity index is 1100. The molecule has 3 aromatic rings. The summed E-state index contributed by atoms with van der Waals surface area (Å²) in [6.45, 7) is 0. The van der Waals surface area contributed by atoms with Crippen LogP contribution < -0.4 is 4.72 Å². The van der Waals surface area contributed by atoms with E-state index in [0.29, 0.717) is 24.3 Å². The van der Waals surface area contributed by atoms with E-state index in [2.05, 4.69) is 9.46 Å². The second kappa shape index (κ2) is 10.6. The van der Waals surface area contributed by atoms with Crippen molar-refractivity contribution in [1.29, 1.82) is 0 Å². The zero-order valence-electron chi connectivity index (χ0n) is 17.1. The summed E-state index contributed by atoms with van der Waals surface area (Å²) in [5.41, 5.74) is 2.83. The molecular formula is C24H24ClNO4S. The maximum absolute atomic E-state index is 13.0. The minimum absolute atomic E-state index is 0.157. The second-order valence-electron chi connectivity index (χ2n) is 7.14. The normalized spacial score (nSPS) is 12.3. The minimum Gasteiger partial charge on any atom is -0.469 e. The lowest BCUT2D eigenvalue weighted by Gasteiger charge is -2.20. The molecule has 162 valence electrons. The van der Waals surface area contributed by atoms with E-state index in [4.69, 9.17) is 11.6 Å². The van der Waals surface area contributed by atoms with E-state index >= 15 is 0 Å². The van der Waals surface area contributed by atoms with Gasteiger partial charge in [-0.25, -0.2) is 13.1 Å². The molecule has 0 radical (unpaired) electrons. The van der Waals surface area contributed by atoms with Crippen molar-refractivity contribution >= 4 is 27.6 Å². The highest BCUT2D eigenvalue weighted by atomic mass is 35.5. The summed E-state index contributed by atoms with van der Waals surface area (Å²) >= 11 is 5.90. The van der Waals surface area contributed by atoms with Gasteiger partial charge in [-0.15, -0.1) is 0 Å². The molecule has 1 N–H and O–H groups in total. The molecule has 0 fully saturated rings. The fourth-order valence-corrected chi connectivity index (χ4v) is 4.56.